The van der Waals surface area contributed by atoms with Crippen LogP contribution in [0.1, 0.15) is 69.4 Å². The summed E-state index contributed by atoms with van der Waals surface area (Å²) in [6, 6.07) is 11.8. The van der Waals surface area contributed by atoms with Crippen LogP contribution >= 0.6 is 15.9 Å². The molecule has 0 aliphatic rings. The average molecular weight is 414 g/mol. The number of pyridine rings is 1. The highest BCUT2D eigenvalue weighted by Crippen LogP contribution is 2.12. The van der Waals surface area contributed by atoms with Crippen LogP contribution in [0.25, 0.3) is 0 Å². The van der Waals surface area contributed by atoms with Gasteiger partial charge in [0.05, 0.1) is 6.61 Å². The molecule has 2 nitrogen and oxygen atoms in total. The van der Waals surface area contributed by atoms with Crippen molar-refractivity contribution >= 4 is 15.9 Å². The number of hydrogen-bond donors (Lipinski definition) is 0. The van der Waals surface area contributed by atoms with Crippen LogP contribution < -0.4 is 4.74 Å². The standard InChI is InChI=1S/C23H28BrNO/c1-2-3-4-5-6-7-8-9-18-26-23-17-14-21(19-25-23)11-10-20-12-15-22(24)16-13-20/h12-17,19H,2-9,18H2,1H3. The van der Waals surface area contributed by atoms with E-state index in [0.29, 0.717) is 5.88 Å². The topological polar surface area (TPSA) is 22.1 Å². The summed E-state index contributed by atoms with van der Waals surface area (Å²) in [6.07, 6.45) is 12.2. The van der Waals surface area contributed by atoms with Gasteiger partial charge < -0.3 is 4.74 Å². The largest absolute Gasteiger partial charge is 0.478 e. The van der Waals surface area contributed by atoms with Gasteiger partial charge >= 0.3 is 0 Å². The summed E-state index contributed by atoms with van der Waals surface area (Å²) in [4.78, 5) is 4.34. The third-order valence-electron chi connectivity index (χ3n) is 4.18. The van der Waals surface area contributed by atoms with E-state index in [0.717, 1.165) is 28.6 Å². The van der Waals surface area contributed by atoms with Gasteiger partial charge in [-0.2, -0.15) is 0 Å². The van der Waals surface area contributed by atoms with Crippen molar-refractivity contribution in [3.63, 3.8) is 0 Å². The van der Waals surface area contributed by atoms with E-state index in [1.165, 1.54) is 44.9 Å². The van der Waals surface area contributed by atoms with Gasteiger partial charge in [-0.1, -0.05) is 79.6 Å². The number of rotatable bonds is 10. The molecule has 0 amide bonds. The molecule has 0 radical (unpaired) electrons. The number of halogens is 1. The Balaban J connectivity index is 1.64. The van der Waals surface area contributed by atoms with Crippen molar-refractivity contribution in [1.82, 2.24) is 4.98 Å². The summed E-state index contributed by atoms with van der Waals surface area (Å²) in [5.74, 6) is 6.95. The molecule has 0 unspecified atom stereocenters. The van der Waals surface area contributed by atoms with Crippen molar-refractivity contribution in [2.24, 2.45) is 0 Å². The predicted molar refractivity (Wildman–Crippen MR) is 112 cm³/mol. The molecule has 1 heterocycles. The van der Waals surface area contributed by atoms with Crippen LogP contribution in [-0.4, -0.2) is 11.6 Å². The van der Waals surface area contributed by atoms with Crippen LogP contribution in [0.2, 0.25) is 0 Å². The first kappa shape index (κ1) is 20.5. The smallest absolute Gasteiger partial charge is 0.213 e. The lowest BCUT2D eigenvalue weighted by molar-refractivity contribution is 0.293. The Hall–Kier alpha value is -1.79. The zero-order valence-electron chi connectivity index (χ0n) is 15.6. The number of nitrogens with zero attached hydrogens (tertiary/aromatic N) is 1. The second-order valence-electron chi connectivity index (χ2n) is 6.47. The Morgan fingerprint density at radius 2 is 1.42 bits per heavy atom. The second-order valence-corrected chi connectivity index (χ2v) is 7.38. The summed E-state index contributed by atoms with van der Waals surface area (Å²) in [7, 11) is 0. The van der Waals surface area contributed by atoms with E-state index in [9.17, 15) is 0 Å². The zero-order chi connectivity index (χ0) is 18.5. The number of hydrogen-bond acceptors (Lipinski definition) is 2. The molecule has 0 bridgehead atoms. The summed E-state index contributed by atoms with van der Waals surface area (Å²) in [5, 5.41) is 0. The Morgan fingerprint density at radius 3 is 2.08 bits per heavy atom. The monoisotopic (exact) mass is 413 g/mol. The summed E-state index contributed by atoms with van der Waals surface area (Å²) in [5.41, 5.74) is 1.88. The van der Waals surface area contributed by atoms with E-state index in [4.69, 9.17) is 4.74 Å². The number of ether oxygens (including phenoxy) is 1. The van der Waals surface area contributed by atoms with Crippen molar-refractivity contribution in [2.45, 2.75) is 58.3 Å². The van der Waals surface area contributed by atoms with Crippen molar-refractivity contribution in [3.05, 3.63) is 58.2 Å². The minimum Gasteiger partial charge on any atom is -0.478 e. The SMILES string of the molecule is CCCCCCCCCCOc1ccc(C#Cc2ccc(Br)cc2)cn1. The number of unbranched alkanes of at least 4 members (excludes halogenated alkanes) is 7. The van der Waals surface area contributed by atoms with Crippen LogP contribution in [0.15, 0.2) is 47.1 Å². The van der Waals surface area contributed by atoms with Gasteiger partial charge in [-0.25, -0.2) is 4.98 Å². The van der Waals surface area contributed by atoms with Gasteiger partial charge in [-0.15, -0.1) is 0 Å². The fraction of sp³-hybridized carbons (Fsp3) is 0.435. The molecule has 3 heteroatoms. The Kier molecular flexibility index (Phi) is 9.90. The molecular formula is C23H28BrNO. The van der Waals surface area contributed by atoms with Gasteiger partial charge in [0, 0.05) is 27.9 Å². The van der Waals surface area contributed by atoms with Crippen LogP contribution in [0, 0.1) is 11.8 Å². The molecule has 26 heavy (non-hydrogen) atoms. The van der Waals surface area contributed by atoms with Crippen molar-refractivity contribution in [1.29, 1.82) is 0 Å². The third-order valence-corrected chi connectivity index (χ3v) is 4.71. The van der Waals surface area contributed by atoms with Gasteiger partial charge in [-0.3, -0.25) is 0 Å². The van der Waals surface area contributed by atoms with E-state index in [-0.39, 0.29) is 0 Å². The van der Waals surface area contributed by atoms with Gasteiger partial charge in [-0.05, 0) is 36.8 Å². The van der Waals surface area contributed by atoms with Crippen LogP contribution in [0.3, 0.4) is 0 Å². The lowest BCUT2D eigenvalue weighted by atomic mass is 10.1. The molecule has 0 aliphatic carbocycles. The van der Waals surface area contributed by atoms with E-state index in [1.54, 1.807) is 6.20 Å². The zero-order valence-corrected chi connectivity index (χ0v) is 17.2. The van der Waals surface area contributed by atoms with E-state index >= 15 is 0 Å². The van der Waals surface area contributed by atoms with Gasteiger partial charge in [0.15, 0.2) is 0 Å². The fourth-order valence-electron chi connectivity index (χ4n) is 2.63. The first-order chi connectivity index (χ1) is 12.8. The average Bonchev–Trinajstić information content (AvgIpc) is 2.67. The lowest BCUT2D eigenvalue weighted by Crippen LogP contribution is -1.99. The van der Waals surface area contributed by atoms with Gasteiger partial charge in [0.2, 0.25) is 5.88 Å². The van der Waals surface area contributed by atoms with Crippen molar-refractivity contribution < 1.29 is 4.74 Å². The molecule has 0 saturated carbocycles. The van der Waals surface area contributed by atoms with Gasteiger partial charge in [0.25, 0.3) is 0 Å². The molecule has 0 saturated heterocycles. The lowest BCUT2D eigenvalue weighted by Gasteiger charge is -2.05. The van der Waals surface area contributed by atoms with E-state index in [1.807, 2.05) is 36.4 Å². The maximum absolute atomic E-state index is 5.72. The highest BCUT2D eigenvalue weighted by molar-refractivity contribution is 9.10. The van der Waals surface area contributed by atoms with Crippen LogP contribution in [-0.2, 0) is 0 Å². The molecule has 0 fully saturated rings. The fourth-order valence-corrected chi connectivity index (χ4v) is 2.89. The van der Waals surface area contributed by atoms with E-state index < -0.39 is 0 Å². The van der Waals surface area contributed by atoms with Crippen LogP contribution in [0.5, 0.6) is 5.88 Å². The Morgan fingerprint density at radius 1 is 0.808 bits per heavy atom. The molecule has 0 atom stereocenters. The molecule has 2 rings (SSSR count). The maximum Gasteiger partial charge on any atom is 0.213 e. The molecule has 0 aliphatic heterocycles. The first-order valence-electron chi connectivity index (χ1n) is 9.64. The summed E-state index contributed by atoms with van der Waals surface area (Å²) < 4.78 is 6.78. The Labute approximate surface area is 166 Å². The highest BCUT2D eigenvalue weighted by Gasteiger charge is 1.97. The third kappa shape index (κ3) is 8.54. The predicted octanol–water partition coefficient (Wildman–Crippen LogP) is 6.76. The quantitative estimate of drug-likeness (QED) is 0.316. The molecule has 2 aromatic rings. The minimum absolute atomic E-state index is 0.683. The molecule has 0 spiro atoms. The molecule has 1 aromatic heterocycles. The molecule has 0 N–H and O–H groups in total. The molecule has 138 valence electrons. The normalized spacial score (nSPS) is 10.2. The van der Waals surface area contributed by atoms with Crippen molar-refractivity contribution in [3.8, 4) is 17.7 Å². The highest BCUT2D eigenvalue weighted by atomic mass is 79.9. The molecule has 1 aromatic carbocycles. The maximum atomic E-state index is 5.72. The van der Waals surface area contributed by atoms with Gasteiger partial charge in [0.1, 0.15) is 0 Å². The minimum atomic E-state index is 0.683. The number of benzene rings is 1. The summed E-state index contributed by atoms with van der Waals surface area (Å²) >= 11 is 3.42. The summed E-state index contributed by atoms with van der Waals surface area (Å²) in [6.45, 7) is 3.00. The van der Waals surface area contributed by atoms with Crippen LogP contribution in [0.4, 0.5) is 0 Å². The second kappa shape index (κ2) is 12.5. The molecular weight excluding hydrogens is 386 g/mol. The van der Waals surface area contributed by atoms with E-state index in [2.05, 4.69) is 39.7 Å². The van der Waals surface area contributed by atoms with Crippen molar-refractivity contribution in [2.75, 3.05) is 6.61 Å². The Bertz CT molecular complexity index is 683. The first-order valence-corrected chi connectivity index (χ1v) is 10.4. The number of aromatic nitrogens is 1.